The highest BCUT2D eigenvalue weighted by Gasteiger charge is 2.35. The predicted octanol–water partition coefficient (Wildman–Crippen LogP) is 4.59. The summed E-state index contributed by atoms with van der Waals surface area (Å²) < 4.78 is 18.7. The van der Waals surface area contributed by atoms with Crippen LogP contribution in [-0.4, -0.2) is 59.6 Å². The Morgan fingerprint density at radius 1 is 1.12 bits per heavy atom. The van der Waals surface area contributed by atoms with E-state index in [0.29, 0.717) is 53.8 Å². The van der Waals surface area contributed by atoms with Crippen molar-refractivity contribution in [2.24, 2.45) is 11.8 Å². The molecule has 7 rings (SSSR count). The van der Waals surface area contributed by atoms with Crippen molar-refractivity contribution in [2.45, 2.75) is 52.1 Å². The van der Waals surface area contributed by atoms with Crippen LogP contribution >= 0.6 is 11.6 Å². The number of halogens is 1. The van der Waals surface area contributed by atoms with Crippen LogP contribution in [0, 0.1) is 18.8 Å². The molecule has 0 unspecified atom stereocenters. The van der Waals surface area contributed by atoms with Crippen molar-refractivity contribution in [3.8, 4) is 22.9 Å². The first-order valence-corrected chi connectivity index (χ1v) is 14.6. The van der Waals surface area contributed by atoms with Gasteiger partial charge in [-0.1, -0.05) is 48.7 Å². The van der Waals surface area contributed by atoms with Crippen LogP contribution in [0.25, 0.3) is 34.1 Å². The average molecular weight is 592 g/mol. The molecule has 2 fully saturated rings. The van der Waals surface area contributed by atoms with Gasteiger partial charge in [0, 0.05) is 30.6 Å². The number of H-pyrrole nitrogens is 1. The standard InChI is InChI=1S/C28H30ClN9O4/c1-15-6-8-17(9-7-15)13-38-22-21(18-4-3-5-19(29)12-18)30-24(25-33-28(39)42-36-25)31-23(22)32-27(38)37-10-11-40-14-20(37)26-35-34-16(2)41-26/h3-5,12,15,17,20H,6-11,13-14H2,1-2H3,(H,33,36,39)/t15?,17?,20-/m0/s1. The van der Waals surface area contributed by atoms with E-state index in [1.807, 2.05) is 24.3 Å². The second-order valence-electron chi connectivity index (χ2n) is 11.1. The first-order chi connectivity index (χ1) is 20.4. The molecule has 0 radical (unpaired) electrons. The summed E-state index contributed by atoms with van der Waals surface area (Å²) in [4.78, 5) is 31.3. The molecule has 1 saturated heterocycles. The van der Waals surface area contributed by atoms with E-state index in [-0.39, 0.29) is 17.7 Å². The highest BCUT2D eigenvalue weighted by atomic mass is 35.5. The molecule has 5 heterocycles. The van der Waals surface area contributed by atoms with Crippen molar-refractivity contribution in [2.75, 3.05) is 24.7 Å². The van der Waals surface area contributed by atoms with E-state index >= 15 is 0 Å². The molecule has 0 amide bonds. The molecule has 218 valence electrons. The number of aromatic nitrogens is 8. The maximum Gasteiger partial charge on any atom is 0.439 e. The maximum atomic E-state index is 11.8. The van der Waals surface area contributed by atoms with Crippen molar-refractivity contribution in [1.82, 2.24) is 39.9 Å². The maximum absolute atomic E-state index is 11.8. The van der Waals surface area contributed by atoms with Crippen LogP contribution in [0.2, 0.25) is 5.02 Å². The number of anilines is 1. The third-order valence-corrected chi connectivity index (χ3v) is 8.36. The number of fused-ring (bicyclic) bond motifs is 1. The number of rotatable bonds is 6. The van der Waals surface area contributed by atoms with Gasteiger partial charge in [0.25, 0.3) is 0 Å². The molecule has 1 aliphatic heterocycles. The van der Waals surface area contributed by atoms with Crippen LogP contribution in [-0.2, 0) is 11.3 Å². The second kappa shape index (κ2) is 11.0. The summed E-state index contributed by atoms with van der Waals surface area (Å²) in [6.07, 6.45) is 4.63. The van der Waals surface area contributed by atoms with Gasteiger partial charge < -0.3 is 18.6 Å². The number of hydrogen-bond acceptors (Lipinski definition) is 11. The van der Waals surface area contributed by atoms with E-state index in [0.717, 1.165) is 42.3 Å². The first kappa shape index (κ1) is 26.8. The Morgan fingerprint density at radius 3 is 2.71 bits per heavy atom. The van der Waals surface area contributed by atoms with Gasteiger partial charge in [0.05, 0.1) is 13.2 Å². The van der Waals surface area contributed by atoms with Gasteiger partial charge in [-0.3, -0.25) is 9.51 Å². The van der Waals surface area contributed by atoms with Crippen molar-refractivity contribution < 1.29 is 13.7 Å². The van der Waals surface area contributed by atoms with Crippen LogP contribution < -0.4 is 10.7 Å². The third kappa shape index (κ3) is 5.07. The minimum absolute atomic E-state index is 0.119. The third-order valence-electron chi connectivity index (χ3n) is 8.12. The van der Waals surface area contributed by atoms with Gasteiger partial charge >= 0.3 is 5.76 Å². The van der Waals surface area contributed by atoms with E-state index in [2.05, 4.69) is 36.7 Å². The Balaban J connectivity index is 1.45. The van der Waals surface area contributed by atoms with Gasteiger partial charge in [0.2, 0.25) is 29.4 Å². The van der Waals surface area contributed by atoms with Crippen LogP contribution in [0.15, 0.2) is 38.0 Å². The van der Waals surface area contributed by atoms with E-state index in [1.54, 1.807) is 6.92 Å². The molecule has 1 aliphatic carbocycles. The Labute approximate surface area is 245 Å². The largest absolute Gasteiger partial charge is 0.439 e. The first-order valence-electron chi connectivity index (χ1n) is 14.2. The molecule has 0 spiro atoms. The molecule has 14 heteroatoms. The minimum Gasteiger partial charge on any atom is -0.423 e. The number of hydrogen-bond donors (Lipinski definition) is 1. The molecule has 0 bridgehead atoms. The summed E-state index contributed by atoms with van der Waals surface area (Å²) in [5.74, 6) is 2.48. The summed E-state index contributed by atoms with van der Waals surface area (Å²) >= 11 is 6.44. The number of aryl methyl sites for hydroxylation is 1. The number of imidazole rings is 1. The quantitative estimate of drug-likeness (QED) is 0.295. The number of nitrogens with zero attached hydrogens (tertiary/aromatic N) is 8. The Hall–Kier alpha value is -4.10. The Bertz CT molecular complexity index is 1790. The summed E-state index contributed by atoms with van der Waals surface area (Å²) in [7, 11) is 0. The fraction of sp³-hybridized carbons (Fsp3) is 0.464. The van der Waals surface area contributed by atoms with E-state index < -0.39 is 5.76 Å². The molecule has 2 aliphatic rings. The zero-order chi connectivity index (χ0) is 28.8. The highest BCUT2D eigenvalue weighted by molar-refractivity contribution is 6.30. The predicted molar refractivity (Wildman–Crippen MR) is 153 cm³/mol. The van der Waals surface area contributed by atoms with E-state index in [9.17, 15) is 4.79 Å². The van der Waals surface area contributed by atoms with Gasteiger partial charge in [-0.05, 0) is 36.8 Å². The zero-order valence-corrected chi connectivity index (χ0v) is 24.0. The molecular weight excluding hydrogens is 562 g/mol. The van der Waals surface area contributed by atoms with E-state index in [4.69, 9.17) is 40.2 Å². The molecule has 4 aromatic heterocycles. The van der Waals surface area contributed by atoms with Crippen molar-refractivity contribution in [3.63, 3.8) is 0 Å². The lowest BCUT2D eigenvalue weighted by Gasteiger charge is -2.35. The van der Waals surface area contributed by atoms with Gasteiger partial charge in [0.15, 0.2) is 5.65 Å². The van der Waals surface area contributed by atoms with Gasteiger partial charge in [-0.25, -0.2) is 14.8 Å². The fourth-order valence-corrected chi connectivity index (χ4v) is 6.14. The Kier molecular flexibility index (Phi) is 6.98. The molecule has 1 N–H and O–H groups in total. The Morgan fingerprint density at radius 2 is 1.98 bits per heavy atom. The van der Waals surface area contributed by atoms with Gasteiger partial charge in [0.1, 0.15) is 17.3 Å². The lowest BCUT2D eigenvalue weighted by molar-refractivity contribution is 0.0843. The van der Waals surface area contributed by atoms with Crippen LogP contribution in [0.4, 0.5) is 5.95 Å². The van der Waals surface area contributed by atoms with Gasteiger partial charge in [-0.15, -0.1) is 10.2 Å². The molecule has 1 saturated carbocycles. The van der Waals surface area contributed by atoms with Crippen LogP contribution in [0.1, 0.15) is 50.4 Å². The van der Waals surface area contributed by atoms with Crippen molar-refractivity contribution in [1.29, 1.82) is 0 Å². The van der Waals surface area contributed by atoms with Gasteiger partial charge in [-0.2, -0.15) is 4.98 Å². The minimum atomic E-state index is -0.693. The zero-order valence-electron chi connectivity index (χ0n) is 23.3. The summed E-state index contributed by atoms with van der Waals surface area (Å²) in [6, 6.07) is 7.17. The fourth-order valence-electron chi connectivity index (χ4n) is 5.95. The average Bonchev–Trinajstić information content (AvgIpc) is 3.72. The topological polar surface area (TPSA) is 154 Å². The lowest BCUT2D eigenvalue weighted by Crippen LogP contribution is -2.41. The SMILES string of the molecule is Cc1nnc([C@@H]2COCCN2c2nc3nc(-c4noc(=O)[nH]4)nc(-c4cccc(Cl)c4)c3n2CC2CCC(C)CC2)o1. The monoisotopic (exact) mass is 591 g/mol. The molecular formula is C28H30ClN9O4. The molecule has 5 aromatic rings. The van der Waals surface area contributed by atoms with Crippen LogP contribution in [0.5, 0.6) is 0 Å². The number of nitrogens with one attached hydrogen (secondary N) is 1. The molecule has 13 nitrogen and oxygen atoms in total. The lowest BCUT2D eigenvalue weighted by atomic mass is 9.83. The van der Waals surface area contributed by atoms with Crippen molar-refractivity contribution >= 4 is 28.7 Å². The summed E-state index contributed by atoms with van der Waals surface area (Å²) in [5, 5.41) is 12.8. The van der Waals surface area contributed by atoms with Crippen molar-refractivity contribution in [3.05, 3.63) is 51.6 Å². The molecule has 1 atom stereocenters. The number of benzene rings is 1. The molecule has 1 aromatic carbocycles. The normalized spacial score (nSPS) is 21.3. The summed E-state index contributed by atoms with van der Waals surface area (Å²) in [6.45, 7) is 6.30. The highest BCUT2D eigenvalue weighted by Crippen LogP contribution is 2.38. The molecule has 42 heavy (non-hydrogen) atoms. The van der Waals surface area contributed by atoms with Crippen LogP contribution in [0.3, 0.4) is 0 Å². The smallest absolute Gasteiger partial charge is 0.423 e. The number of morpholine rings is 1. The summed E-state index contributed by atoms with van der Waals surface area (Å²) in [5.41, 5.74) is 2.65. The second-order valence-corrected chi connectivity index (χ2v) is 11.6. The van der Waals surface area contributed by atoms with E-state index in [1.165, 1.54) is 12.8 Å². The number of ether oxygens (including phenoxy) is 1. The number of aromatic amines is 1.